The molecular weight excluding hydrogens is 248 g/mol. The summed E-state index contributed by atoms with van der Waals surface area (Å²) >= 11 is 0. The highest BCUT2D eigenvalue weighted by molar-refractivity contribution is 5.41. The molecule has 1 aliphatic rings. The van der Waals surface area contributed by atoms with Crippen LogP contribution in [0.15, 0.2) is 24.3 Å². The van der Waals surface area contributed by atoms with Crippen LogP contribution in [0.25, 0.3) is 5.69 Å². The van der Waals surface area contributed by atoms with Gasteiger partial charge in [0.15, 0.2) is 5.82 Å². The van der Waals surface area contributed by atoms with Crippen LogP contribution >= 0.6 is 0 Å². The highest BCUT2D eigenvalue weighted by atomic mass is 15.4. The molecule has 1 aromatic carbocycles. The van der Waals surface area contributed by atoms with Gasteiger partial charge in [-0.1, -0.05) is 32.0 Å². The number of hydrogen-bond acceptors (Lipinski definition) is 3. The molecule has 4 heteroatoms. The van der Waals surface area contributed by atoms with Crippen molar-refractivity contribution in [3.63, 3.8) is 0 Å². The van der Waals surface area contributed by atoms with Crippen molar-refractivity contribution in [2.24, 2.45) is 0 Å². The normalized spacial score (nSPS) is 14.7. The summed E-state index contributed by atoms with van der Waals surface area (Å²) in [6.07, 6.45) is 4.40. The Morgan fingerprint density at radius 2 is 2.00 bits per heavy atom. The molecule has 0 saturated heterocycles. The Morgan fingerprint density at radius 3 is 2.70 bits per heavy atom. The predicted molar refractivity (Wildman–Crippen MR) is 80.0 cm³/mol. The van der Waals surface area contributed by atoms with Gasteiger partial charge in [-0.15, -0.1) is 0 Å². The van der Waals surface area contributed by atoms with Gasteiger partial charge in [0.25, 0.3) is 0 Å². The number of para-hydroxylation sites is 1. The SMILES string of the molecule is CCc1nc(CC)n(-c2ccccc2CNC2CC2)n1. The van der Waals surface area contributed by atoms with Gasteiger partial charge < -0.3 is 5.32 Å². The van der Waals surface area contributed by atoms with Crippen molar-refractivity contribution in [1.29, 1.82) is 0 Å². The van der Waals surface area contributed by atoms with Gasteiger partial charge in [-0.05, 0) is 24.5 Å². The molecule has 0 radical (unpaired) electrons. The first kappa shape index (κ1) is 13.3. The molecule has 1 aliphatic carbocycles. The summed E-state index contributed by atoms with van der Waals surface area (Å²) in [5, 5.41) is 8.23. The third kappa shape index (κ3) is 2.75. The molecule has 1 fully saturated rings. The first-order chi connectivity index (χ1) is 9.81. The minimum Gasteiger partial charge on any atom is -0.310 e. The maximum Gasteiger partial charge on any atom is 0.151 e. The van der Waals surface area contributed by atoms with Crippen LogP contribution in [0, 0.1) is 0 Å². The van der Waals surface area contributed by atoms with Gasteiger partial charge in [0.2, 0.25) is 0 Å². The van der Waals surface area contributed by atoms with E-state index in [1.807, 2.05) is 4.68 Å². The minimum absolute atomic E-state index is 0.718. The summed E-state index contributed by atoms with van der Waals surface area (Å²) in [6, 6.07) is 9.20. The zero-order valence-corrected chi connectivity index (χ0v) is 12.3. The Bertz CT molecular complexity index is 584. The number of benzene rings is 1. The quantitative estimate of drug-likeness (QED) is 0.877. The average molecular weight is 270 g/mol. The van der Waals surface area contributed by atoms with Gasteiger partial charge in [0.1, 0.15) is 5.82 Å². The van der Waals surface area contributed by atoms with E-state index in [0.29, 0.717) is 0 Å². The molecule has 0 aliphatic heterocycles. The van der Waals surface area contributed by atoms with Crippen LogP contribution in [-0.4, -0.2) is 20.8 Å². The fourth-order valence-corrected chi connectivity index (χ4v) is 2.37. The third-order valence-corrected chi connectivity index (χ3v) is 3.73. The maximum atomic E-state index is 4.65. The molecule has 0 amide bonds. The second kappa shape index (κ2) is 5.75. The van der Waals surface area contributed by atoms with Crippen LogP contribution in [-0.2, 0) is 19.4 Å². The van der Waals surface area contributed by atoms with Gasteiger partial charge in [-0.3, -0.25) is 0 Å². The molecule has 1 heterocycles. The number of hydrogen-bond donors (Lipinski definition) is 1. The summed E-state index contributed by atoms with van der Waals surface area (Å²) in [5.41, 5.74) is 2.45. The Hall–Kier alpha value is -1.68. The monoisotopic (exact) mass is 270 g/mol. The summed E-state index contributed by atoms with van der Waals surface area (Å²) in [5.74, 6) is 1.97. The average Bonchev–Trinajstić information content (AvgIpc) is 3.23. The first-order valence-electron chi connectivity index (χ1n) is 7.58. The topological polar surface area (TPSA) is 42.7 Å². The van der Waals surface area contributed by atoms with Crippen LogP contribution < -0.4 is 5.32 Å². The van der Waals surface area contributed by atoms with Crippen molar-refractivity contribution in [3.05, 3.63) is 41.5 Å². The maximum absolute atomic E-state index is 4.65. The van der Waals surface area contributed by atoms with Crippen LogP contribution in [0.4, 0.5) is 0 Å². The molecule has 1 N–H and O–H groups in total. The molecule has 1 aromatic heterocycles. The van der Waals surface area contributed by atoms with Crippen LogP contribution in [0.2, 0.25) is 0 Å². The zero-order chi connectivity index (χ0) is 13.9. The van der Waals surface area contributed by atoms with E-state index in [1.165, 1.54) is 18.4 Å². The number of nitrogens with one attached hydrogen (secondary N) is 1. The number of aryl methyl sites for hydroxylation is 2. The fourth-order valence-electron chi connectivity index (χ4n) is 2.37. The van der Waals surface area contributed by atoms with Crippen LogP contribution in [0.3, 0.4) is 0 Å². The predicted octanol–water partition coefficient (Wildman–Crippen LogP) is 2.64. The third-order valence-electron chi connectivity index (χ3n) is 3.73. The van der Waals surface area contributed by atoms with Crippen molar-refractivity contribution in [2.45, 2.75) is 52.1 Å². The lowest BCUT2D eigenvalue weighted by molar-refractivity contribution is 0.677. The zero-order valence-electron chi connectivity index (χ0n) is 12.3. The Morgan fingerprint density at radius 1 is 1.20 bits per heavy atom. The molecule has 106 valence electrons. The second-order valence-corrected chi connectivity index (χ2v) is 5.35. The van der Waals surface area contributed by atoms with Crippen molar-refractivity contribution in [3.8, 4) is 5.69 Å². The van der Waals surface area contributed by atoms with Crippen molar-refractivity contribution < 1.29 is 0 Å². The molecule has 0 spiro atoms. The van der Waals surface area contributed by atoms with E-state index >= 15 is 0 Å². The van der Waals surface area contributed by atoms with Crippen LogP contribution in [0.1, 0.15) is 43.9 Å². The van der Waals surface area contributed by atoms with E-state index in [0.717, 1.165) is 42.8 Å². The minimum atomic E-state index is 0.718. The molecule has 3 rings (SSSR count). The van der Waals surface area contributed by atoms with Gasteiger partial charge in [-0.2, -0.15) is 5.10 Å². The summed E-state index contributed by atoms with van der Waals surface area (Å²) in [4.78, 5) is 4.60. The van der Waals surface area contributed by atoms with E-state index in [2.05, 4.69) is 53.5 Å². The highest BCUT2D eigenvalue weighted by Gasteiger charge is 2.21. The molecule has 0 unspecified atom stereocenters. The van der Waals surface area contributed by atoms with E-state index in [9.17, 15) is 0 Å². The van der Waals surface area contributed by atoms with Gasteiger partial charge in [-0.25, -0.2) is 9.67 Å². The lowest BCUT2D eigenvalue weighted by Crippen LogP contribution is -2.17. The molecule has 0 atom stereocenters. The van der Waals surface area contributed by atoms with Gasteiger partial charge >= 0.3 is 0 Å². The van der Waals surface area contributed by atoms with Gasteiger partial charge in [0, 0.05) is 25.4 Å². The summed E-state index contributed by atoms with van der Waals surface area (Å²) in [7, 11) is 0. The van der Waals surface area contributed by atoms with Crippen molar-refractivity contribution in [2.75, 3.05) is 0 Å². The summed E-state index contributed by atoms with van der Waals surface area (Å²) < 4.78 is 2.02. The standard InChI is InChI=1S/C16H22N4/c1-3-15-18-16(4-2)20(19-15)14-8-6-5-7-12(14)11-17-13-9-10-13/h5-8,13,17H,3-4,9-11H2,1-2H3. The highest BCUT2D eigenvalue weighted by Crippen LogP contribution is 2.21. The number of nitrogens with zero attached hydrogens (tertiary/aromatic N) is 3. The van der Waals surface area contributed by atoms with E-state index in [1.54, 1.807) is 0 Å². The molecule has 1 saturated carbocycles. The lowest BCUT2D eigenvalue weighted by atomic mass is 10.1. The largest absolute Gasteiger partial charge is 0.310 e. The number of aromatic nitrogens is 3. The van der Waals surface area contributed by atoms with E-state index in [-0.39, 0.29) is 0 Å². The smallest absolute Gasteiger partial charge is 0.151 e. The lowest BCUT2D eigenvalue weighted by Gasteiger charge is -2.11. The van der Waals surface area contributed by atoms with E-state index in [4.69, 9.17) is 0 Å². The van der Waals surface area contributed by atoms with E-state index < -0.39 is 0 Å². The molecular formula is C16H22N4. The first-order valence-corrected chi connectivity index (χ1v) is 7.58. The van der Waals surface area contributed by atoms with Crippen molar-refractivity contribution >= 4 is 0 Å². The molecule has 2 aromatic rings. The second-order valence-electron chi connectivity index (χ2n) is 5.35. The van der Waals surface area contributed by atoms with Gasteiger partial charge in [0.05, 0.1) is 5.69 Å². The fraction of sp³-hybridized carbons (Fsp3) is 0.500. The molecule has 20 heavy (non-hydrogen) atoms. The Balaban J connectivity index is 1.93. The Labute approximate surface area is 120 Å². The molecule has 0 bridgehead atoms. The van der Waals surface area contributed by atoms with Crippen LogP contribution in [0.5, 0.6) is 0 Å². The molecule has 4 nitrogen and oxygen atoms in total. The Kier molecular flexibility index (Phi) is 3.83. The summed E-state index contributed by atoms with van der Waals surface area (Å²) in [6.45, 7) is 5.13. The number of rotatable bonds is 6. The van der Waals surface area contributed by atoms with Crippen molar-refractivity contribution in [1.82, 2.24) is 20.1 Å².